The van der Waals surface area contributed by atoms with E-state index in [0.29, 0.717) is 35.9 Å². The van der Waals surface area contributed by atoms with Crippen LogP contribution in [0.4, 0.5) is 10.7 Å². The van der Waals surface area contributed by atoms with E-state index < -0.39 is 48.7 Å². The van der Waals surface area contributed by atoms with E-state index in [2.05, 4.69) is 30.9 Å². The number of aryl methyl sites for hydroxylation is 1. The van der Waals surface area contributed by atoms with Gasteiger partial charge in [-0.25, -0.2) is 19.4 Å². The number of alkyl carbamates (subject to hydrolysis) is 1. The molecule has 2 heterocycles. The normalized spacial score (nSPS) is 11.6. The van der Waals surface area contributed by atoms with Gasteiger partial charge >= 0.3 is 17.8 Å². The number of imidazole rings is 2. The lowest BCUT2D eigenvalue weighted by Crippen LogP contribution is -2.49. The van der Waals surface area contributed by atoms with Crippen molar-refractivity contribution in [1.82, 2.24) is 30.2 Å². The first-order valence-electron chi connectivity index (χ1n) is 12.6. The van der Waals surface area contributed by atoms with Gasteiger partial charge in [-0.05, 0) is 42.7 Å². The average Bonchev–Trinajstić information content (AvgIpc) is 3.47. The monoisotopic (exact) mass is 585 g/mol. The maximum atomic E-state index is 12.4. The van der Waals surface area contributed by atoms with Crippen LogP contribution in [0.5, 0.6) is 5.88 Å². The van der Waals surface area contributed by atoms with Crippen molar-refractivity contribution < 1.29 is 29.3 Å². The number of fused-ring (bicyclic) bond motifs is 1. The van der Waals surface area contributed by atoms with Crippen molar-refractivity contribution >= 4 is 46.6 Å². The number of H-pyrrole nitrogens is 2. The molecule has 0 aliphatic heterocycles. The third-order valence-electron chi connectivity index (χ3n) is 5.97. The van der Waals surface area contributed by atoms with E-state index in [1.165, 1.54) is 0 Å². The van der Waals surface area contributed by atoms with Gasteiger partial charge in [-0.1, -0.05) is 35.9 Å². The van der Waals surface area contributed by atoms with Crippen LogP contribution in [-0.4, -0.2) is 66.8 Å². The molecule has 0 fully saturated rings. The molecule has 41 heavy (non-hydrogen) atoms. The van der Waals surface area contributed by atoms with Gasteiger partial charge in [0.25, 0.3) is 0 Å². The molecule has 0 radical (unpaired) electrons. The molecule has 0 aliphatic rings. The van der Waals surface area contributed by atoms with Crippen molar-refractivity contribution in [2.45, 2.75) is 32.0 Å². The van der Waals surface area contributed by atoms with Crippen LogP contribution in [0.3, 0.4) is 0 Å². The minimum atomic E-state index is -1.50. The molecule has 2 amide bonds. The third kappa shape index (κ3) is 8.02. The van der Waals surface area contributed by atoms with E-state index in [-0.39, 0.29) is 12.3 Å². The van der Waals surface area contributed by atoms with E-state index in [4.69, 9.17) is 16.3 Å². The summed E-state index contributed by atoms with van der Waals surface area (Å²) in [5.74, 6) is -1.96. The predicted molar refractivity (Wildman–Crippen MR) is 149 cm³/mol. The number of nitrogens with zero attached hydrogens (tertiary/aromatic N) is 2. The van der Waals surface area contributed by atoms with E-state index in [0.717, 1.165) is 15.6 Å². The molecule has 0 unspecified atom stereocenters. The molecule has 216 valence electrons. The Bertz CT molecular complexity index is 1560. The number of nitrogens with one attached hydrogen (secondary N) is 5. The molecule has 0 saturated heterocycles. The Hall–Kier alpha value is -4.98. The molecule has 2 aromatic carbocycles. The number of amides is 2. The molecule has 0 aliphatic carbocycles. The number of anilines is 1. The number of aliphatic carboxylic acids is 1. The Morgan fingerprint density at radius 2 is 1.93 bits per heavy atom. The summed E-state index contributed by atoms with van der Waals surface area (Å²) in [5, 5.41) is 27.9. The molecule has 2 aromatic heterocycles. The zero-order chi connectivity index (χ0) is 29.4. The molecule has 0 saturated carbocycles. The van der Waals surface area contributed by atoms with Crippen molar-refractivity contribution in [2.75, 3.05) is 18.4 Å². The summed E-state index contributed by atoms with van der Waals surface area (Å²) >= 11 is 5.88. The lowest BCUT2D eigenvalue weighted by Gasteiger charge is -2.15. The van der Waals surface area contributed by atoms with Crippen LogP contribution in [0.2, 0.25) is 5.02 Å². The largest absolute Gasteiger partial charge is 0.493 e. The molecular formula is C26H28ClN7O7. The smallest absolute Gasteiger partial charge is 0.408 e. The standard InChI is InChI=1S/C26H28ClN7O7/c27-16-6-3-5-15(11-16)14-41-26(40)33-20(23(37)38)12-29-21(35)13-34-22(36)19(32-25(34)39)9-4-10-28-24-30-17-7-1-2-8-18(17)31-24/h1-3,5-8,11,20,36H,4,9-10,12-14H2,(H,29,35)(H,32,39)(H,33,40)(H,37,38)(H2,28,30,31)/t20-/m0/s1. The number of carbonyl (C=O) groups is 3. The lowest BCUT2D eigenvalue weighted by molar-refractivity contribution is -0.139. The summed E-state index contributed by atoms with van der Waals surface area (Å²) in [4.78, 5) is 58.4. The number of rotatable bonds is 13. The van der Waals surface area contributed by atoms with E-state index >= 15 is 0 Å². The Kier molecular flexibility index (Phi) is 9.47. The second-order valence-electron chi connectivity index (χ2n) is 9.00. The second-order valence-corrected chi connectivity index (χ2v) is 9.43. The van der Waals surface area contributed by atoms with Gasteiger partial charge in [0.1, 0.15) is 19.2 Å². The highest BCUT2D eigenvalue weighted by Gasteiger charge is 2.22. The Morgan fingerprint density at radius 3 is 2.68 bits per heavy atom. The van der Waals surface area contributed by atoms with Gasteiger partial charge in [-0.2, -0.15) is 0 Å². The number of carbonyl (C=O) groups excluding carboxylic acids is 2. The van der Waals surface area contributed by atoms with Gasteiger partial charge in [0.05, 0.1) is 16.7 Å². The number of halogens is 1. The Balaban J connectivity index is 1.22. The average molecular weight is 586 g/mol. The Morgan fingerprint density at radius 1 is 1.12 bits per heavy atom. The molecule has 15 heteroatoms. The molecule has 0 bridgehead atoms. The second kappa shape index (κ2) is 13.4. The highest BCUT2D eigenvalue weighted by atomic mass is 35.5. The van der Waals surface area contributed by atoms with Crippen LogP contribution >= 0.6 is 11.6 Å². The number of ether oxygens (including phenoxy) is 1. The maximum Gasteiger partial charge on any atom is 0.408 e. The summed E-state index contributed by atoms with van der Waals surface area (Å²) in [7, 11) is 0. The zero-order valence-electron chi connectivity index (χ0n) is 21.6. The number of carboxylic acids is 1. The first kappa shape index (κ1) is 29.0. The van der Waals surface area contributed by atoms with Crippen LogP contribution in [0.25, 0.3) is 11.0 Å². The third-order valence-corrected chi connectivity index (χ3v) is 6.20. The van der Waals surface area contributed by atoms with Crippen LogP contribution in [0.1, 0.15) is 17.7 Å². The number of para-hydroxylation sites is 2. The van der Waals surface area contributed by atoms with Crippen molar-refractivity contribution in [2.24, 2.45) is 0 Å². The predicted octanol–water partition coefficient (Wildman–Crippen LogP) is 1.95. The first-order chi connectivity index (χ1) is 19.7. The number of hydrogen-bond donors (Lipinski definition) is 7. The van der Waals surface area contributed by atoms with E-state index in [9.17, 15) is 29.4 Å². The molecule has 7 N–H and O–H groups in total. The molecule has 0 spiro atoms. The summed E-state index contributed by atoms with van der Waals surface area (Å²) < 4.78 is 5.84. The summed E-state index contributed by atoms with van der Waals surface area (Å²) in [6.45, 7) is -0.693. The number of benzene rings is 2. The van der Waals surface area contributed by atoms with Crippen LogP contribution in [0.15, 0.2) is 53.3 Å². The number of carboxylic acid groups (broad SMARTS) is 1. The van der Waals surface area contributed by atoms with Crippen LogP contribution in [0, 0.1) is 0 Å². The minimum absolute atomic E-state index is 0.140. The number of aromatic hydroxyl groups is 1. The van der Waals surface area contributed by atoms with Crippen molar-refractivity contribution in [3.05, 3.63) is 75.3 Å². The van der Waals surface area contributed by atoms with Crippen LogP contribution in [-0.2, 0) is 33.9 Å². The van der Waals surface area contributed by atoms with Gasteiger partial charge in [0.15, 0.2) is 0 Å². The zero-order valence-corrected chi connectivity index (χ0v) is 22.4. The van der Waals surface area contributed by atoms with Gasteiger partial charge in [-0.15, -0.1) is 0 Å². The number of hydrogen-bond acceptors (Lipinski definition) is 8. The SMILES string of the molecule is O=C(Cn1c(O)c(CCCNc2nc3ccccc3[nH]2)[nH]c1=O)NC[C@H](NC(=O)OCc1cccc(Cl)c1)C(=O)O. The maximum absolute atomic E-state index is 12.4. The van der Waals surface area contributed by atoms with Gasteiger partial charge < -0.3 is 40.9 Å². The fourth-order valence-corrected chi connectivity index (χ4v) is 4.13. The van der Waals surface area contributed by atoms with Crippen LogP contribution < -0.4 is 21.6 Å². The van der Waals surface area contributed by atoms with E-state index in [1.54, 1.807) is 24.3 Å². The fourth-order valence-electron chi connectivity index (χ4n) is 3.92. The first-order valence-corrected chi connectivity index (χ1v) is 12.9. The summed E-state index contributed by atoms with van der Waals surface area (Å²) in [5.41, 5.74) is 1.88. The highest BCUT2D eigenvalue weighted by Crippen LogP contribution is 2.16. The van der Waals surface area contributed by atoms with Crippen molar-refractivity contribution in [3.8, 4) is 5.88 Å². The van der Waals surface area contributed by atoms with E-state index in [1.807, 2.05) is 24.3 Å². The summed E-state index contributed by atoms with van der Waals surface area (Å²) in [6.07, 6.45) is -0.160. The molecule has 14 nitrogen and oxygen atoms in total. The van der Waals surface area contributed by atoms with Crippen molar-refractivity contribution in [1.29, 1.82) is 0 Å². The minimum Gasteiger partial charge on any atom is -0.493 e. The molecular weight excluding hydrogens is 558 g/mol. The quantitative estimate of drug-likeness (QED) is 0.114. The molecule has 4 rings (SSSR count). The van der Waals surface area contributed by atoms with Gasteiger partial charge in [-0.3, -0.25) is 9.36 Å². The Labute approximate surface area is 237 Å². The molecule has 1 atom stereocenters. The van der Waals surface area contributed by atoms with Gasteiger partial charge in [0.2, 0.25) is 17.7 Å². The lowest BCUT2D eigenvalue weighted by atomic mass is 10.2. The number of aromatic nitrogens is 4. The number of aromatic amines is 2. The topological polar surface area (TPSA) is 203 Å². The summed E-state index contributed by atoms with van der Waals surface area (Å²) in [6, 6.07) is 12.7. The fraction of sp³-hybridized carbons (Fsp3) is 0.269. The molecule has 4 aromatic rings. The van der Waals surface area contributed by atoms with Gasteiger partial charge in [0, 0.05) is 18.1 Å². The highest BCUT2D eigenvalue weighted by molar-refractivity contribution is 6.30. The van der Waals surface area contributed by atoms with Crippen molar-refractivity contribution in [3.63, 3.8) is 0 Å².